The van der Waals surface area contributed by atoms with E-state index in [-0.39, 0.29) is 12.8 Å². The number of hydrogen-bond acceptors (Lipinski definition) is 6. The summed E-state index contributed by atoms with van der Waals surface area (Å²) in [4.78, 5) is 32.8. The average molecular weight is 333 g/mol. The third-order valence-electron chi connectivity index (χ3n) is 3.72. The zero-order chi connectivity index (χ0) is 17.7. The fraction of sp³-hybridized carbons (Fsp3) is 0.786. The molecule has 0 amide bonds. The third-order valence-corrected chi connectivity index (χ3v) is 3.72. The zero-order valence-corrected chi connectivity index (χ0v) is 13.2. The third kappa shape index (κ3) is 11.5. The van der Waals surface area contributed by atoms with Crippen LogP contribution >= 0.6 is 0 Å². The molecule has 134 valence electrons. The van der Waals surface area contributed by atoms with Gasteiger partial charge in [-0.3, -0.25) is 20.2 Å². The lowest BCUT2D eigenvalue weighted by atomic mass is 9.91. The molecule has 0 bridgehead atoms. The molecule has 0 aromatic carbocycles. The Morgan fingerprint density at radius 2 is 1.35 bits per heavy atom. The zero-order valence-electron chi connectivity index (χ0n) is 13.2. The first-order valence-corrected chi connectivity index (χ1v) is 7.74. The van der Waals surface area contributed by atoms with Gasteiger partial charge in [-0.2, -0.15) is 5.53 Å². The summed E-state index contributed by atoms with van der Waals surface area (Å²) in [6.45, 7) is 0.638. The molecule has 0 heterocycles. The highest BCUT2D eigenvalue weighted by molar-refractivity contribution is 5.72. The molecule has 2 atom stereocenters. The van der Waals surface area contributed by atoms with Crippen LogP contribution < -0.4 is 16.8 Å². The summed E-state index contributed by atoms with van der Waals surface area (Å²) >= 11 is 0. The molecule has 0 aromatic heterocycles. The molecule has 0 rings (SSSR count). The van der Waals surface area contributed by atoms with Gasteiger partial charge in [-0.15, -0.1) is 0 Å². The lowest BCUT2D eigenvalue weighted by Crippen LogP contribution is -2.38. The number of nitrogens with two attached hydrogens (primary N) is 1. The number of hydrogen-bond donors (Lipinski definition) is 6. The van der Waals surface area contributed by atoms with E-state index in [9.17, 15) is 19.5 Å². The lowest BCUT2D eigenvalue weighted by Gasteiger charge is -2.15. The molecular weight excluding hydrogens is 306 g/mol. The molecule has 2 unspecified atom stereocenters. The van der Waals surface area contributed by atoms with Gasteiger partial charge in [0.1, 0.15) is 0 Å². The molecule has 7 N–H and O–H groups in total. The first-order chi connectivity index (χ1) is 10.9. The minimum atomic E-state index is -1.03. The van der Waals surface area contributed by atoms with Gasteiger partial charge in [0.2, 0.25) is 0 Å². The van der Waals surface area contributed by atoms with Crippen molar-refractivity contribution < 1.29 is 29.7 Å². The Kier molecular flexibility index (Phi) is 11.8. The Morgan fingerprint density at radius 3 is 1.83 bits per heavy atom. The predicted molar refractivity (Wildman–Crippen MR) is 82.1 cm³/mol. The van der Waals surface area contributed by atoms with E-state index in [4.69, 9.17) is 16.1 Å². The monoisotopic (exact) mass is 333 g/mol. The summed E-state index contributed by atoms with van der Waals surface area (Å²) in [7, 11) is 0. The highest BCUT2D eigenvalue weighted by Crippen LogP contribution is 2.21. The smallest absolute Gasteiger partial charge is 0.306 e. The Morgan fingerprint density at radius 1 is 0.826 bits per heavy atom. The second-order valence-corrected chi connectivity index (χ2v) is 5.50. The molecule has 0 aromatic rings. The van der Waals surface area contributed by atoms with E-state index >= 15 is 0 Å². The maximum atomic E-state index is 11.2. The van der Waals surface area contributed by atoms with Gasteiger partial charge in [0.05, 0.1) is 11.8 Å². The van der Waals surface area contributed by atoms with Crippen LogP contribution in [0.2, 0.25) is 0 Å². The molecule has 9 heteroatoms. The van der Waals surface area contributed by atoms with Crippen molar-refractivity contribution in [1.82, 2.24) is 11.0 Å². The van der Waals surface area contributed by atoms with Gasteiger partial charge < -0.3 is 15.3 Å². The van der Waals surface area contributed by atoms with Gasteiger partial charge in [0.25, 0.3) is 0 Å². The number of carboxylic acid groups (broad SMARTS) is 3. The van der Waals surface area contributed by atoms with Crippen LogP contribution in [0, 0.1) is 11.8 Å². The fourth-order valence-corrected chi connectivity index (χ4v) is 2.37. The minimum Gasteiger partial charge on any atom is -0.481 e. The second kappa shape index (κ2) is 12.8. The maximum absolute atomic E-state index is 11.2. The largest absolute Gasteiger partial charge is 0.481 e. The van der Waals surface area contributed by atoms with Crippen LogP contribution in [-0.4, -0.2) is 39.8 Å². The summed E-state index contributed by atoms with van der Waals surface area (Å²) < 4.78 is 0. The molecule has 0 saturated heterocycles. The molecule has 0 radical (unpaired) electrons. The minimum absolute atomic E-state index is 0.0696. The van der Waals surface area contributed by atoms with Crippen molar-refractivity contribution in [3.05, 3.63) is 0 Å². The first-order valence-electron chi connectivity index (χ1n) is 7.74. The Hall–Kier alpha value is -1.71. The molecule has 0 fully saturated rings. The van der Waals surface area contributed by atoms with Crippen molar-refractivity contribution in [2.45, 2.75) is 51.4 Å². The first kappa shape index (κ1) is 21.3. The Bertz CT molecular complexity index is 378. The normalized spacial score (nSPS) is 13.4. The summed E-state index contributed by atoms with van der Waals surface area (Å²) in [6, 6.07) is 0. The summed E-state index contributed by atoms with van der Waals surface area (Å²) in [5.41, 5.74) is 5.00. The molecule has 0 saturated carbocycles. The summed E-state index contributed by atoms with van der Waals surface area (Å²) in [6.07, 6.45) is 3.06. The second-order valence-electron chi connectivity index (χ2n) is 5.50. The number of aliphatic carboxylic acids is 3. The van der Waals surface area contributed by atoms with Crippen molar-refractivity contribution >= 4 is 17.9 Å². The van der Waals surface area contributed by atoms with Crippen molar-refractivity contribution in [1.29, 1.82) is 0 Å². The highest BCUT2D eigenvalue weighted by atomic mass is 16.4. The average Bonchev–Trinajstić information content (AvgIpc) is 2.47. The predicted octanol–water partition coefficient (Wildman–Crippen LogP) is 0.561. The molecule has 23 heavy (non-hydrogen) atoms. The van der Waals surface area contributed by atoms with Crippen LogP contribution in [0.5, 0.6) is 0 Å². The number of nitrogens with one attached hydrogen (secondary N) is 2. The van der Waals surface area contributed by atoms with Gasteiger partial charge in [-0.25, -0.2) is 5.43 Å². The lowest BCUT2D eigenvalue weighted by molar-refractivity contribution is -0.143. The van der Waals surface area contributed by atoms with Crippen LogP contribution in [0.1, 0.15) is 51.4 Å². The highest BCUT2D eigenvalue weighted by Gasteiger charge is 2.21. The molecular formula is C14H27N3O6. The van der Waals surface area contributed by atoms with E-state index in [2.05, 4.69) is 11.0 Å². The standard InChI is InChI=1S/C14H27N3O6/c15-17-16-9-2-1-4-10(13(20)21)5-3-6-11(14(22)23)7-8-12(18)19/h10-11,16-17H,1-9,15H2,(H,18,19)(H,20,21)(H,22,23). The summed E-state index contributed by atoms with van der Waals surface area (Å²) in [5.74, 6) is 0.861. The molecule has 0 aliphatic rings. The molecule has 0 aliphatic heterocycles. The van der Waals surface area contributed by atoms with Gasteiger partial charge in [0, 0.05) is 13.0 Å². The van der Waals surface area contributed by atoms with E-state index in [0.717, 1.165) is 12.8 Å². The topological polar surface area (TPSA) is 162 Å². The van der Waals surface area contributed by atoms with E-state index in [1.165, 1.54) is 0 Å². The number of hydrazine groups is 2. The van der Waals surface area contributed by atoms with Gasteiger partial charge >= 0.3 is 17.9 Å². The van der Waals surface area contributed by atoms with Crippen LogP contribution in [0.15, 0.2) is 0 Å². The Labute approximate surface area is 135 Å². The van der Waals surface area contributed by atoms with Crippen molar-refractivity contribution in [2.75, 3.05) is 6.54 Å². The maximum Gasteiger partial charge on any atom is 0.306 e. The van der Waals surface area contributed by atoms with Crippen molar-refractivity contribution in [3.63, 3.8) is 0 Å². The fourth-order valence-electron chi connectivity index (χ4n) is 2.37. The Balaban J connectivity index is 4.10. The number of rotatable bonds is 15. The number of carboxylic acids is 3. The van der Waals surface area contributed by atoms with E-state index < -0.39 is 29.7 Å². The van der Waals surface area contributed by atoms with Gasteiger partial charge in [0.15, 0.2) is 0 Å². The number of unbranched alkanes of at least 4 members (excludes halogenated alkanes) is 1. The molecule has 9 nitrogen and oxygen atoms in total. The quantitative estimate of drug-likeness (QED) is 0.143. The van der Waals surface area contributed by atoms with Crippen molar-refractivity contribution in [3.8, 4) is 0 Å². The number of carbonyl (C=O) groups is 3. The van der Waals surface area contributed by atoms with E-state index in [0.29, 0.717) is 32.2 Å². The van der Waals surface area contributed by atoms with Gasteiger partial charge in [-0.1, -0.05) is 12.8 Å². The molecule has 0 spiro atoms. The van der Waals surface area contributed by atoms with Crippen molar-refractivity contribution in [2.24, 2.45) is 17.7 Å². The van der Waals surface area contributed by atoms with Crippen LogP contribution in [0.25, 0.3) is 0 Å². The van der Waals surface area contributed by atoms with Crippen LogP contribution in [-0.2, 0) is 14.4 Å². The SMILES string of the molecule is NNNCCCCC(CCCC(CCC(=O)O)C(=O)O)C(=O)O. The molecule has 0 aliphatic carbocycles. The van der Waals surface area contributed by atoms with Gasteiger partial charge in [-0.05, 0) is 32.1 Å². The summed E-state index contributed by atoms with van der Waals surface area (Å²) in [5, 5.41) is 26.8. The van der Waals surface area contributed by atoms with E-state index in [1.54, 1.807) is 0 Å². The van der Waals surface area contributed by atoms with Crippen LogP contribution in [0.4, 0.5) is 0 Å². The van der Waals surface area contributed by atoms with Crippen LogP contribution in [0.3, 0.4) is 0 Å². The van der Waals surface area contributed by atoms with E-state index in [1.807, 2.05) is 0 Å².